The van der Waals surface area contributed by atoms with Gasteiger partial charge >= 0.3 is 0 Å². The Hall–Kier alpha value is -0.0200. The lowest BCUT2D eigenvalue weighted by molar-refractivity contribution is -0.118. The summed E-state index contributed by atoms with van der Waals surface area (Å²) in [6, 6.07) is -0.354. The molecule has 1 atom stereocenters. The van der Waals surface area contributed by atoms with Gasteiger partial charge in [-0.25, -0.2) is 0 Å². The predicted octanol–water partition coefficient (Wildman–Crippen LogP) is 1.00. The molecule has 0 aliphatic heterocycles. The number of hydrogen-bond donors (Lipinski definition) is 2. The highest BCUT2D eigenvalue weighted by Gasteiger charge is 2.18. The molecule has 0 aromatic rings. The number of Topliss-reactive ketones (excluding diaryl/α,β-unsaturated/α-hetero) is 1. The molecular formula is C7H15NOS. The molecule has 0 spiro atoms. The number of carbonyl (C=O) groups is 1. The molecule has 0 aromatic carbocycles. The molecule has 60 valence electrons. The molecule has 3 heteroatoms. The molecule has 0 bridgehead atoms. The maximum absolute atomic E-state index is 10.7. The Balaban J connectivity index is 3.80. The van der Waals surface area contributed by atoms with Crippen LogP contribution in [0.15, 0.2) is 0 Å². The summed E-state index contributed by atoms with van der Waals surface area (Å²) in [7, 11) is 0. The van der Waals surface area contributed by atoms with Crippen LogP contribution < -0.4 is 5.73 Å². The van der Waals surface area contributed by atoms with Crippen LogP contribution in [-0.2, 0) is 4.79 Å². The minimum Gasteiger partial charge on any atom is -0.321 e. The topological polar surface area (TPSA) is 43.1 Å². The molecule has 10 heavy (non-hydrogen) atoms. The van der Waals surface area contributed by atoms with Crippen molar-refractivity contribution in [3.05, 3.63) is 0 Å². The summed E-state index contributed by atoms with van der Waals surface area (Å²) < 4.78 is -0.148. The molecule has 0 aromatic heterocycles. The second-order valence-corrected chi connectivity index (χ2v) is 4.44. The summed E-state index contributed by atoms with van der Waals surface area (Å²) in [4.78, 5) is 10.7. The molecule has 0 heterocycles. The van der Waals surface area contributed by atoms with Crippen LogP contribution in [-0.4, -0.2) is 16.6 Å². The summed E-state index contributed by atoms with van der Waals surface area (Å²) >= 11 is 4.26. The number of nitrogens with two attached hydrogens (primary N) is 1. The first-order chi connectivity index (χ1) is 4.33. The van der Waals surface area contributed by atoms with E-state index < -0.39 is 0 Å². The Morgan fingerprint density at radius 1 is 1.70 bits per heavy atom. The fraction of sp³-hybridized carbons (Fsp3) is 0.857. The van der Waals surface area contributed by atoms with Crippen LogP contribution in [0.4, 0.5) is 0 Å². The molecule has 2 nitrogen and oxygen atoms in total. The lowest BCUT2D eigenvalue weighted by atomic mass is 10.0. The minimum atomic E-state index is -0.354. The first-order valence-electron chi connectivity index (χ1n) is 3.31. The predicted molar refractivity (Wildman–Crippen MR) is 46.3 cm³/mol. The first-order valence-corrected chi connectivity index (χ1v) is 3.76. The van der Waals surface area contributed by atoms with Crippen molar-refractivity contribution in [2.45, 2.75) is 38.0 Å². The number of carbonyl (C=O) groups excluding carboxylic acids is 1. The number of ketones is 1. The zero-order chi connectivity index (χ0) is 8.36. The molecule has 0 radical (unpaired) electrons. The molecule has 0 unspecified atom stereocenters. The van der Waals surface area contributed by atoms with Gasteiger partial charge in [0, 0.05) is 4.75 Å². The van der Waals surface area contributed by atoms with Gasteiger partial charge in [0.2, 0.25) is 0 Å². The zero-order valence-electron chi connectivity index (χ0n) is 6.72. The van der Waals surface area contributed by atoms with Gasteiger partial charge in [0.1, 0.15) is 5.78 Å². The SMILES string of the molecule is CC(=O)[C@@H](N)CC(C)(C)S. The van der Waals surface area contributed by atoms with Gasteiger partial charge in [-0.15, -0.1) is 0 Å². The van der Waals surface area contributed by atoms with Gasteiger partial charge in [0.15, 0.2) is 0 Å². The van der Waals surface area contributed by atoms with Crippen LogP contribution in [0.1, 0.15) is 27.2 Å². The Labute approximate surface area is 67.6 Å². The van der Waals surface area contributed by atoms with E-state index in [9.17, 15) is 4.79 Å². The van der Waals surface area contributed by atoms with Crippen LogP contribution in [0.3, 0.4) is 0 Å². The maximum atomic E-state index is 10.7. The number of rotatable bonds is 3. The van der Waals surface area contributed by atoms with Gasteiger partial charge in [-0.1, -0.05) is 13.8 Å². The zero-order valence-corrected chi connectivity index (χ0v) is 7.61. The Morgan fingerprint density at radius 2 is 2.10 bits per heavy atom. The maximum Gasteiger partial charge on any atom is 0.146 e. The molecule has 0 saturated heterocycles. The van der Waals surface area contributed by atoms with Crippen molar-refractivity contribution < 1.29 is 4.79 Å². The second kappa shape index (κ2) is 3.39. The minimum absolute atomic E-state index is 0.0297. The van der Waals surface area contributed by atoms with Crippen LogP contribution in [0.2, 0.25) is 0 Å². The van der Waals surface area contributed by atoms with Crippen molar-refractivity contribution in [3.8, 4) is 0 Å². The van der Waals surface area contributed by atoms with Crippen molar-refractivity contribution in [1.29, 1.82) is 0 Å². The lowest BCUT2D eigenvalue weighted by Crippen LogP contribution is -2.34. The number of thiol groups is 1. The lowest BCUT2D eigenvalue weighted by Gasteiger charge is -2.20. The van der Waals surface area contributed by atoms with Crippen LogP contribution in [0, 0.1) is 0 Å². The molecule has 0 amide bonds. The smallest absolute Gasteiger partial charge is 0.146 e. The standard InChI is InChI=1S/C7H15NOS/c1-5(9)6(8)4-7(2,3)10/h6,10H,4,8H2,1-3H3/t6-/m0/s1. The van der Waals surface area contributed by atoms with Crippen molar-refractivity contribution in [3.63, 3.8) is 0 Å². The third kappa shape index (κ3) is 4.82. The van der Waals surface area contributed by atoms with Crippen molar-refractivity contribution in [1.82, 2.24) is 0 Å². The average Bonchev–Trinajstić information content (AvgIpc) is 1.60. The molecule has 0 saturated carbocycles. The van der Waals surface area contributed by atoms with E-state index in [2.05, 4.69) is 12.6 Å². The first kappa shape index (κ1) is 9.98. The van der Waals surface area contributed by atoms with E-state index >= 15 is 0 Å². The van der Waals surface area contributed by atoms with Crippen molar-refractivity contribution in [2.75, 3.05) is 0 Å². The van der Waals surface area contributed by atoms with E-state index in [1.807, 2.05) is 13.8 Å². The van der Waals surface area contributed by atoms with Crippen LogP contribution in [0.25, 0.3) is 0 Å². The summed E-state index contributed by atoms with van der Waals surface area (Å²) in [6.07, 6.45) is 0.630. The molecule has 0 aliphatic carbocycles. The summed E-state index contributed by atoms with van der Waals surface area (Å²) in [5, 5.41) is 0. The Morgan fingerprint density at radius 3 is 2.20 bits per heavy atom. The molecule has 0 aliphatic rings. The molecule has 0 rings (SSSR count). The van der Waals surface area contributed by atoms with E-state index in [0.717, 1.165) is 0 Å². The summed E-state index contributed by atoms with van der Waals surface area (Å²) in [5.74, 6) is 0.0297. The van der Waals surface area contributed by atoms with Crippen molar-refractivity contribution in [2.24, 2.45) is 5.73 Å². The van der Waals surface area contributed by atoms with E-state index in [1.54, 1.807) is 0 Å². The quantitative estimate of drug-likeness (QED) is 0.606. The highest BCUT2D eigenvalue weighted by atomic mass is 32.1. The second-order valence-electron chi connectivity index (χ2n) is 3.23. The van der Waals surface area contributed by atoms with Crippen LogP contribution >= 0.6 is 12.6 Å². The molecule has 0 fully saturated rings. The third-order valence-electron chi connectivity index (χ3n) is 1.24. The Bertz CT molecular complexity index is 128. The highest BCUT2D eigenvalue weighted by molar-refractivity contribution is 7.81. The van der Waals surface area contributed by atoms with Gasteiger partial charge in [0.05, 0.1) is 6.04 Å². The molecular weight excluding hydrogens is 146 g/mol. The largest absolute Gasteiger partial charge is 0.321 e. The van der Waals surface area contributed by atoms with Gasteiger partial charge in [-0.3, -0.25) is 4.79 Å². The van der Waals surface area contributed by atoms with Crippen LogP contribution in [0.5, 0.6) is 0 Å². The molecule has 2 N–H and O–H groups in total. The van der Waals surface area contributed by atoms with E-state index in [0.29, 0.717) is 6.42 Å². The highest BCUT2D eigenvalue weighted by Crippen LogP contribution is 2.18. The average molecular weight is 161 g/mol. The summed E-state index contributed by atoms with van der Waals surface area (Å²) in [6.45, 7) is 5.39. The fourth-order valence-corrected chi connectivity index (χ4v) is 0.879. The third-order valence-corrected chi connectivity index (χ3v) is 1.42. The summed E-state index contributed by atoms with van der Waals surface area (Å²) in [5.41, 5.74) is 5.50. The normalized spacial score (nSPS) is 14.9. The van der Waals surface area contributed by atoms with E-state index in [-0.39, 0.29) is 16.6 Å². The van der Waals surface area contributed by atoms with E-state index in [4.69, 9.17) is 5.73 Å². The van der Waals surface area contributed by atoms with Gasteiger partial charge in [-0.2, -0.15) is 12.6 Å². The van der Waals surface area contributed by atoms with Gasteiger partial charge in [-0.05, 0) is 13.3 Å². The fourth-order valence-electron chi connectivity index (χ4n) is 0.682. The van der Waals surface area contributed by atoms with Crippen molar-refractivity contribution >= 4 is 18.4 Å². The van der Waals surface area contributed by atoms with Gasteiger partial charge < -0.3 is 5.73 Å². The Kier molecular flexibility index (Phi) is 3.39. The van der Waals surface area contributed by atoms with E-state index in [1.165, 1.54) is 6.92 Å². The number of hydrogen-bond acceptors (Lipinski definition) is 3. The van der Waals surface area contributed by atoms with Gasteiger partial charge in [0.25, 0.3) is 0 Å². The monoisotopic (exact) mass is 161 g/mol.